The fourth-order valence-corrected chi connectivity index (χ4v) is 1.96. The molecule has 2 nitrogen and oxygen atoms in total. The number of anilines is 1. The third kappa shape index (κ3) is 2.99. The summed E-state index contributed by atoms with van der Waals surface area (Å²) in [6.45, 7) is 4.44. The van der Waals surface area contributed by atoms with E-state index in [-0.39, 0.29) is 5.82 Å². The fourth-order valence-electron chi connectivity index (χ4n) is 1.73. The van der Waals surface area contributed by atoms with Crippen molar-refractivity contribution >= 4 is 17.3 Å². The summed E-state index contributed by atoms with van der Waals surface area (Å²) in [5.41, 5.74) is 3.74. The molecule has 2 rings (SSSR count). The Morgan fingerprint density at radius 1 is 1.22 bits per heavy atom. The fraction of sp³-hybridized carbons (Fsp3) is 0.214. The first-order valence-electron chi connectivity index (χ1n) is 5.68. The molecule has 0 unspecified atom stereocenters. The van der Waals surface area contributed by atoms with Gasteiger partial charge in [0, 0.05) is 17.3 Å². The summed E-state index contributed by atoms with van der Waals surface area (Å²) in [6, 6.07) is 8.33. The predicted molar refractivity (Wildman–Crippen MR) is 72.4 cm³/mol. The van der Waals surface area contributed by atoms with Crippen molar-refractivity contribution in [1.82, 2.24) is 4.98 Å². The van der Waals surface area contributed by atoms with E-state index >= 15 is 0 Å². The van der Waals surface area contributed by atoms with Gasteiger partial charge in [-0.25, -0.2) is 4.39 Å². The minimum absolute atomic E-state index is 0.322. The third-order valence-electron chi connectivity index (χ3n) is 2.71. The van der Waals surface area contributed by atoms with Crippen LogP contribution in [0.3, 0.4) is 0 Å². The Morgan fingerprint density at radius 2 is 2.00 bits per heavy atom. The summed E-state index contributed by atoms with van der Waals surface area (Å²) < 4.78 is 12.9. The lowest BCUT2D eigenvalue weighted by Crippen LogP contribution is -2.03. The molecule has 18 heavy (non-hydrogen) atoms. The van der Waals surface area contributed by atoms with E-state index in [1.54, 1.807) is 6.07 Å². The molecule has 4 heteroatoms. The van der Waals surface area contributed by atoms with Crippen LogP contribution >= 0.6 is 11.6 Å². The lowest BCUT2D eigenvalue weighted by Gasteiger charge is -2.10. The Kier molecular flexibility index (Phi) is 3.82. The average molecular weight is 265 g/mol. The summed E-state index contributed by atoms with van der Waals surface area (Å²) in [5.74, 6) is -0.322. The number of pyridine rings is 1. The number of hydrogen-bond donors (Lipinski definition) is 1. The monoisotopic (exact) mass is 264 g/mol. The molecule has 0 saturated heterocycles. The first-order valence-corrected chi connectivity index (χ1v) is 6.06. The van der Waals surface area contributed by atoms with Gasteiger partial charge in [-0.1, -0.05) is 17.7 Å². The molecule has 2 aromatic rings. The predicted octanol–water partition coefficient (Wildman–Crippen LogP) is 4.10. The lowest BCUT2D eigenvalue weighted by atomic mass is 10.2. The smallest absolute Gasteiger partial charge is 0.124 e. The molecule has 1 heterocycles. The largest absolute Gasteiger partial charge is 0.379 e. The van der Waals surface area contributed by atoms with Crippen molar-refractivity contribution in [2.75, 3.05) is 5.32 Å². The molecular formula is C14H14ClFN2. The highest BCUT2D eigenvalue weighted by Crippen LogP contribution is 2.20. The third-order valence-corrected chi connectivity index (χ3v) is 3.06. The van der Waals surface area contributed by atoms with Crippen LogP contribution in [0.25, 0.3) is 0 Å². The molecule has 0 spiro atoms. The number of hydrogen-bond acceptors (Lipinski definition) is 2. The molecule has 0 aliphatic heterocycles. The zero-order valence-electron chi connectivity index (χ0n) is 10.3. The van der Waals surface area contributed by atoms with Gasteiger partial charge < -0.3 is 5.32 Å². The number of rotatable bonds is 3. The van der Waals surface area contributed by atoms with Crippen LogP contribution in [0.4, 0.5) is 10.1 Å². The van der Waals surface area contributed by atoms with Crippen LogP contribution in [0.1, 0.15) is 17.0 Å². The SMILES string of the molecule is Cc1ccc(NCc2ccc(F)cc2Cl)c(C)n1. The van der Waals surface area contributed by atoms with Gasteiger partial charge >= 0.3 is 0 Å². The number of nitrogens with one attached hydrogen (secondary N) is 1. The second-order valence-corrected chi connectivity index (χ2v) is 4.58. The molecule has 0 radical (unpaired) electrons. The van der Waals surface area contributed by atoms with Gasteiger partial charge in [0.15, 0.2) is 0 Å². The van der Waals surface area contributed by atoms with E-state index in [1.165, 1.54) is 12.1 Å². The van der Waals surface area contributed by atoms with Crippen LogP contribution in [0.15, 0.2) is 30.3 Å². The number of benzene rings is 1. The molecule has 0 aliphatic rings. The summed E-state index contributed by atoms with van der Waals surface area (Å²) in [7, 11) is 0. The van der Waals surface area contributed by atoms with Crippen LogP contribution in [0.2, 0.25) is 5.02 Å². The van der Waals surface area contributed by atoms with Gasteiger partial charge in [-0.3, -0.25) is 4.98 Å². The normalized spacial score (nSPS) is 10.4. The summed E-state index contributed by atoms with van der Waals surface area (Å²) in [4.78, 5) is 4.37. The maximum absolute atomic E-state index is 12.9. The summed E-state index contributed by atoms with van der Waals surface area (Å²) in [6.07, 6.45) is 0. The minimum Gasteiger partial charge on any atom is -0.379 e. The van der Waals surface area contributed by atoms with Gasteiger partial charge in [0.2, 0.25) is 0 Å². The highest BCUT2D eigenvalue weighted by Gasteiger charge is 2.04. The van der Waals surface area contributed by atoms with E-state index in [0.29, 0.717) is 11.6 Å². The second-order valence-electron chi connectivity index (χ2n) is 4.17. The summed E-state index contributed by atoms with van der Waals surface area (Å²) >= 11 is 5.97. The summed E-state index contributed by atoms with van der Waals surface area (Å²) in [5, 5.41) is 3.68. The second kappa shape index (κ2) is 5.36. The zero-order valence-corrected chi connectivity index (χ0v) is 11.1. The van der Waals surface area contributed by atoms with Crippen LogP contribution < -0.4 is 5.32 Å². The maximum atomic E-state index is 12.9. The van der Waals surface area contributed by atoms with Gasteiger partial charge in [0.1, 0.15) is 5.82 Å². The Morgan fingerprint density at radius 3 is 2.67 bits per heavy atom. The van der Waals surface area contributed by atoms with E-state index in [2.05, 4.69) is 10.3 Å². The first kappa shape index (κ1) is 12.8. The van der Waals surface area contributed by atoms with Crippen LogP contribution in [0, 0.1) is 19.7 Å². The molecule has 0 aliphatic carbocycles. The van der Waals surface area contributed by atoms with E-state index in [4.69, 9.17) is 11.6 Å². The Labute approximate surface area is 111 Å². The van der Waals surface area contributed by atoms with Gasteiger partial charge in [0.25, 0.3) is 0 Å². The van der Waals surface area contributed by atoms with Gasteiger partial charge in [-0.15, -0.1) is 0 Å². The van der Waals surface area contributed by atoms with Crippen molar-refractivity contribution in [3.05, 3.63) is 58.1 Å². The van der Waals surface area contributed by atoms with Gasteiger partial charge in [0.05, 0.1) is 11.4 Å². The number of nitrogens with zero attached hydrogens (tertiary/aromatic N) is 1. The Balaban J connectivity index is 2.11. The molecule has 1 N–H and O–H groups in total. The molecular weight excluding hydrogens is 251 g/mol. The number of halogens is 2. The van der Waals surface area contributed by atoms with Crippen LogP contribution in [-0.2, 0) is 6.54 Å². The molecule has 0 amide bonds. The quantitative estimate of drug-likeness (QED) is 0.903. The number of aromatic nitrogens is 1. The van der Waals surface area contributed by atoms with Crippen molar-refractivity contribution in [3.63, 3.8) is 0 Å². The minimum atomic E-state index is -0.322. The molecule has 0 fully saturated rings. The van der Waals surface area contributed by atoms with E-state index in [1.807, 2.05) is 26.0 Å². The van der Waals surface area contributed by atoms with Gasteiger partial charge in [-0.2, -0.15) is 0 Å². The van der Waals surface area contributed by atoms with Crippen molar-refractivity contribution in [2.24, 2.45) is 0 Å². The van der Waals surface area contributed by atoms with Crippen LogP contribution in [-0.4, -0.2) is 4.98 Å². The zero-order chi connectivity index (χ0) is 13.1. The molecule has 1 aromatic carbocycles. The molecule has 0 bridgehead atoms. The topological polar surface area (TPSA) is 24.9 Å². The molecule has 0 atom stereocenters. The molecule has 1 aromatic heterocycles. The van der Waals surface area contributed by atoms with E-state index < -0.39 is 0 Å². The first-order chi connectivity index (χ1) is 8.56. The highest BCUT2D eigenvalue weighted by atomic mass is 35.5. The Hall–Kier alpha value is -1.61. The van der Waals surface area contributed by atoms with Crippen molar-refractivity contribution in [2.45, 2.75) is 20.4 Å². The lowest BCUT2D eigenvalue weighted by molar-refractivity contribution is 0.627. The number of aryl methyl sites for hydroxylation is 2. The van der Waals surface area contributed by atoms with Crippen LogP contribution in [0.5, 0.6) is 0 Å². The standard InChI is InChI=1S/C14H14ClFN2/c1-9-3-6-14(10(2)18-9)17-8-11-4-5-12(16)7-13(11)15/h3-7,17H,8H2,1-2H3. The van der Waals surface area contributed by atoms with E-state index in [0.717, 1.165) is 22.6 Å². The Bertz CT molecular complexity index is 518. The van der Waals surface area contributed by atoms with Crippen molar-refractivity contribution in [1.29, 1.82) is 0 Å². The van der Waals surface area contributed by atoms with E-state index in [9.17, 15) is 4.39 Å². The highest BCUT2D eigenvalue weighted by molar-refractivity contribution is 6.31. The van der Waals surface area contributed by atoms with Gasteiger partial charge in [-0.05, 0) is 43.7 Å². The van der Waals surface area contributed by atoms with Crippen molar-refractivity contribution < 1.29 is 4.39 Å². The molecule has 94 valence electrons. The molecule has 0 saturated carbocycles. The maximum Gasteiger partial charge on any atom is 0.124 e. The van der Waals surface area contributed by atoms with Crippen molar-refractivity contribution in [3.8, 4) is 0 Å². The average Bonchev–Trinajstić information content (AvgIpc) is 2.30.